The van der Waals surface area contributed by atoms with Gasteiger partial charge in [-0.05, 0) is 42.8 Å². The van der Waals surface area contributed by atoms with Crippen molar-refractivity contribution in [1.82, 2.24) is 9.97 Å². The molecule has 1 unspecified atom stereocenters. The Kier molecular flexibility index (Phi) is 6.02. The fraction of sp³-hybridized carbons (Fsp3) is 0.211. The van der Waals surface area contributed by atoms with E-state index < -0.39 is 33.4 Å². The molecule has 0 aliphatic rings. The van der Waals surface area contributed by atoms with Gasteiger partial charge in [0.05, 0.1) is 17.3 Å². The van der Waals surface area contributed by atoms with Crippen LogP contribution in [0.2, 0.25) is 5.02 Å². The number of sulfone groups is 1. The van der Waals surface area contributed by atoms with Gasteiger partial charge in [-0.3, -0.25) is 0 Å². The van der Waals surface area contributed by atoms with E-state index >= 15 is 0 Å². The zero-order valence-corrected chi connectivity index (χ0v) is 16.9. The molecule has 0 saturated heterocycles. The normalized spacial score (nSPS) is 12.9. The largest absolute Gasteiger partial charge is 0.361 e. The third-order valence-electron chi connectivity index (χ3n) is 4.12. The molecule has 0 saturated carbocycles. The molecule has 1 heterocycles. The van der Waals surface area contributed by atoms with Crippen LogP contribution in [0, 0.1) is 24.4 Å². The van der Waals surface area contributed by atoms with Gasteiger partial charge in [-0.2, -0.15) is 0 Å². The van der Waals surface area contributed by atoms with Crippen molar-refractivity contribution in [2.24, 2.45) is 0 Å². The predicted molar refractivity (Wildman–Crippen MR) is 101 cm³/mol. The van der Waals surface area contributed by atoms with E-state index in [4.69, 9.17) is 16.3 Å². The van der Waals surface area contributed by atoms with Crippen molar-refractivity contribution in [2.45, 2.75) is 24.7 Å². The van der Waals surface area contributed by atoms with Gasteiger partial charge < -0.3 is 9.72 Å². The highest BCUT2D eigenvalue weighted by Gasteiger charge is 2.25. The Hall–Kier alpha value is -2.36. The fourth-order valence-corrected chi connectivity index (χ4v) is 3.85. The van der Waals surface area contributed by atoms with Crippen molar-refractivity contribution in [2.75, 3.05) is 6.26 Å². The number of aromatic amines is 1. The summed E-state index contributed by atoms with van der Waals surface area (Å²) in [7, 11) is -3.62. The van der Waals surface area contributed by atoms with Crippen LogP contribution in [-0.4, -0.2) is 24.6 Å². The van der Waals surface area contributed by atoms with Crippen molar-refractivity contribution in [3.05, 3.63) is 81.5 Å². The van der Waals surface area contributed by atoms with E-state index in [1.165, 1.54) is 19.1 Å². The maximum Gasteiger partial charge on any atom is 0.194 e. The Balaban J connectivity index is 2.02. The number of aryl methyl sites for hydroxylation is 1. The molecule has 0 fully saturated rings. The van der Waals surface area contributed by atoms with Crippen molar-refractivity contribution in [3.8, 4) is 0 Å². The smallest absolute Gasteiger partial charge is 0.194 e. The zero-order chi connectivity index (χ0) is 21.3. The Bertz CT molecular complexity index is 1170. The Labute approximate surface area is 170 Å². The van der Waals surface area contributed by atoms with Crippen LogP contribution in [0.3, 0.4) is 0 Å². The highest BCUT2D eigenvalue weighted by Crippen LogP contribution is 2.30. The molecule has 0 aliphatic heterocycles. The lowest BCUT2D eigenvalue weighted by atomic mass is 10.1. The number of imidazole rings is 1. The number of hydrogen-bond acceptors (Lipinski definition) is 4. The quantitative estimate of drug-likeness (QED) is 0.607. The van der Waals surface area contributed by atoms with Crippen LogP contribution in [0.4, 0.5) is 13.2 Å². The fourth-order valence-electron chi connectivity index (χ4n) is 2.79. The molecule has 0 aliphatic carbocycles. The minimum atomic E-state index is -3.62. The van der Waals surface area contributed by atoms with E-state index in [1.807, 2.05) is 0 Å². The number of rotatable bonds is 6. The van der Waals surface area contributed by atoms with Crippen molar-refractivity contribution in [1.29, 1.82) is 0 Å². The average Bonchev–Trinajstić information content (AvgIpc) is 3.03. The number of hydrogen-bond donors (Lipinski definition) is 1. The lowest BCUT2D eigenvalue weighted by molar-refractivity contribution is 0.0594. The summed E-state index contributed by atoms with van der Waals surface area (Å²) in [5, 5.41) is -0.356. The van der Waals surface area contributed by atoms with Gasteiger partial charge in [0.25, 0.3) is 0 Å². The molecule has 2 aromatic carbocycles. The first-order valence-electron chi connectivity index (χ1n) is 8.33. The molecule has 10 heteroatoms. The summed E-state index contributed by atoms with van der Waals surface area (Å²) in [5.41, 5.74) is 0.582. The van der Waals surface area contributed by atoms with Gasteiger partial charge in [-0.1, -0.05) is 17.7 Å². The molecule has 0 amide bonds. The number of nitrogens with zero attached hydrogens (tertiary/aromatic N) is 1. The summed E-state index contributed by atoms with van der Waals surface area (Å²) in [6.45, 7) is 1.17. The molecule has 0 bridgehead atoms. The minimum Gasteiger partial charge on any atom is -0.361 e. The summed E-state index contributed by atoms with van der Waals surface area (Å²) >= 11 is 5.85. The zero-order valence-electron chi connectivity index (χ0n) is 15.3. The number of aromatic nitrogens is 2. The molecule has 0 spiro atoms. The first-order chi connectivity index (χ1) is 13.6. The molecule has 3 rings (SSSR count). The molecular formula is C19H16ClF3N2O3S. The molecular weight excluding hydrogens is 429 g/mol. The third-order valence-corrected chi connectivity index (χ3v) is 5.51. The van der Waals surface area contributed by atoms with Gasteiger partial charge in [-0.25, -0.2) is 26.6 Å². The molecule has 1 aromatic heterocycles. The molecule has 5 nitrogen and oxygen atoms in total. The lowest BCUT2D eigenvalue weighted by Crippen LogP contribution is -2.10. The van der Waals surface area contributed by atoms with Crippen LogP contribution in [0.1, 0.15) is 28.7 Å². The van der Waals surface area contributed by atoms with E-state index in [-0.39, 0.29) is 33.7 Å². The van der Waals surface area contributed by atoms with Gasteiger partial charge in [0.1, 0.15) is 29.4 Å². The second-order valence-electron chi connectivity index (χ2n) is 6.42. The number of ether oxygens (including phenoxy) is 1. The van der Waals surface area contributed by atoms with E-state index in [2.05, 4.69) is 9.97 Å². The highest BCUT2D eigenvalue weighted by atomic mass is 35.5. The van der Waals surface area contributed by atoms with Crippen molar-refractivity contribution < 1.29 is 26.3 Å². The molecule has 154 valence electrons. The van der Waals surface area contributed by atoms with E-state index in [1.54, 1.807) is 0 Å². The average molecular weight is 445 g/mol. The summed E-state index contributed by atoms with van der Waals surface area (Å²) in [5.74, 6) is -1.87. The maximum atomic E-state index is 13.9. The van der Waals surface area contributed by atoms with Crippen LogP contribution in [-0.2, 0) is 21.2 Å². The van der Waals surface area contributed by atoms with Crippen LogP contribution >= 0.6 is 11.6 Å². The van der Waals surface area contributed by atoms with Crippen molar-refractivity contribution >= 4 is 21.4 Å². The summed E-state index contributed by atoms with van der Waals surface area (Å²) < 4.78 is 70.5. The Morgan fingerprint density at radius 1 is 1.14 bits per heavy atom. The molecule has 1 N–H and O–H groups in total. The molecule has 1 atom stereocenters. The van der Waals surface area contributed by atoms with Gasteiger partial charge in [0.2, 0.25) is 0 Å². The van der Waals surface area contributed by atoms with Crippen LogP contribution in [0.5, 0.6) is 0 Å². The first-order valence-corrected chi connectivity index (χ1v) is 10.6. The van der Waals surface area contributed by atoms with Crippen LogP contribution in [0.25, 0.3) is 0 Å². The van der Waals surface area contributed by atoms with Crippen LogP contribution in [0.15, 0.2) is 41.4 Å². The van der Waals surface area contributed by atoms with E-state index in [0.29, 0.717) is 5.56 Å². The second-order valence-corrected chi connectivity index (χ2v) is 8.76. The number of halogens is 4. The predicted octanol–water partition coefficient (Wildman–Crippen LogP) is 4.50. The second kappa shape index (κ2) is 8.17. The van der Waals surface area contributed by atoms with Crippen LogP contribution < -0.4 is 0 Å². The van der Waals surface area contributed by atoms with Crippen molar-refractivity contribution in [3.63, 3.8) is 0 Å². The molecule has 29 heavy (non-hydrogen) atoms. The van der Waals surface area contributed by atoms with Gasteiger partial charge in [0, 0.05) is 11.8 Å². The minimum absolute atomic E-state index is 0.0465. The van der Waals surface area contributed by atoms with Gasteiger partial charge >= 0.3 is 0 Å². The number of benzene rings is 2. The standard InChI is InChI=1S/C19H16ClF3N2O3S/c1-10-19(29(2,26)27)25-18(24-10)17(11-3-5-16(23)14(20)8-11)28-9-12-7-13(21)4-6-15(12)22/h3-8,17H,9H2,1-2H3,(H,24,25). The topological polar surface area (TPSA) is 72.0 Å². The monoisotopic (exact) mass is 444 g/mol. The summed E-state index contributed by atoms with van der Waals surface area (Å²) in [4.78, 5) is 6.92. The number of H-pyrrole nitrogens is 1. The maximum absolute atomic E-state index is 13.9. The third kappa shape index (κ3) is 4.80. The number of nitrogens with one attached hydrogen (secondary N) is 1. The highest BCUT2D eigenvalue weighted by molar-refractivity contribution is 7.90. The Morgan fingerprint density at radius 3 is 2.45 bits per heavy atom. The Morgan fingerprint density at radius 2 is 1.83 bits per heavy atom. The lowest BCUT2D eigenvalue weighted by Gasteiger charge is -2.17. The molecule has 0 radical (unpaired) electrons. The van der Waals surface area contributed by atoms with E-state index in [0.717, 1.165) is 30.5 Å². The SMILES string of the molecule is Cc1[nH]c(C(OCc2cc(F)ccc2F)c2ccc(F)c(Cl)c2)nc1S(C)(=O)=O. The molecule has 3 aromatic rings. The van der Waals surface area contributed by atoms with E-state index in [9.17, 15) is 21.6 Å². The van der Waals surface area contributed by atoms with Gasteiger partial charge in [-0.15, -0.1) is 0 Å². The first kappa shape index (κ1) is 21.4. The van der Waals surface area contributed by atoms with Gasteiger partial charge in [0.15, 0.2) is 14.9 Å². The summed E-state index contributed by atoms with van der Waals surface area (Å²) in [6.07, 6.45) is -0.0304. The summed E-state index contributed by atoms with van der Waals surface area (Å²) in [6, 6.07) is 6.72.